The molecule has 9 heteroatoms. The third-order valence-electron chi connectivity index (χ3n) is 4.43. The molecule has 0 unspecified atom stereocenters. The van der Waals surface area contributed by atoms with Crippen molar-refractivity contribution in [3.63, 3.8) is 0 Å². The summed E-state index contributed by atoms with van der Waals surface area (Å²) in [7, 11) is 3.21. The summed E-state index contributed by atoms with van der Waals surface area (Å²) in [5.41, 5.74) is 3.14. The van der Waals surface area contributed by atoms with Crippen LogP contribution in [-0.2, 0) is 0 Å². The van der Waals surface area contributed by atoms with E-state index in [4.69, 9.17) is 14.2 Å². The molecular weight excluding hydrogens is 468 g/mol. The van der Waals surface area contributed by atoms with Crippen LogP contribution in [0.25, 0.3) is 11.3 Å². The van der Waals surface area contributed by atoms with Crippen LogP contribution in [0.5, 0.6) is 17.4 Å². The first-order valence-corrected chi connectivity index (χ1v) is 10.8. The number of fused-ring (bicyclic) bond motifs is 3. The summed E-state index contributed by atoms with van der Waals surface area (Å²) in [5.74, 6) is 2.34. The normalized spacial score (nSPS) is 14.4. The van der Waals surface area contributed by atoms with E-state index < -0.39 is 6.23 Å². The van der Waals surface area contributed by atoms with E-state index >= 15 is 0 Å². The Morgan fingerprint density at radius 3 is 2.77 bits per heavy atom. The summed E-state index contributed by atoms with van der Waals surface area (Å²) in [4.78, 5) is 4.60. The quantitative estimate of drug-likeness (QED) is 0.380. The van der Waals surface area contributed by atoms with Gasteiger partial charge in [0.1, 0.15) is 0 Å². The minimum Gasteiger partial charge on any atom is -0.493 e. The van der Waals surface area contributed by atoms with Crippen molar-refractivity contribution in [2.45, 2.75) is 11.4 Å². The van der Waals surface area contributed by atoms with E-state index in [1.807, 2.05) is 36.4 Å². The zero-order valence-corrected chi connectivity index (χ0v) is 18.8. The van der Waals surface area contributed by atoms with Gasteiger partial charge in [-0.2, -0.15) is 4.98 Å². The molecule has 0 spiro atoms. The largest absolute Gasteiger partial charge is 0.493 e. The SMILES string of the molecule is C=CCSc1nnc2c(n1)O[C@H](c1ccc(OC)c(OC)c1)Nc1ccc(Br)cc1-2. The van der Waals surface area contributed by atoms with Crippen molar-refractivity contribution in [1.29, 1.82) is 0 Å². The molecule has 1 aliphatic rings. The standard InChI is InChI=1S/C21H19BrN4O3S/c1-4-9-30-21-24-20-18(25-26-21)14-11-13(22)6-7-15(14)23-19(29-20)12-5-8-16(27-2)17(10-12)28-3/h4-8,10-11,19,23H,1,9H2,2-3H3/t19-/m1/s1. The topological polar surface area (TPSA) is 78.4 Å². The number of benzene rings is 2. The average molecular weight is 487 g/mol. The van der Waals surface area contributed by atoms with E-state index in [0.717, 1.165) is 21.3 Å². The molecule has 1 atom stereocenters. The molecule has 0 amide bonds. The van der Waals surface area contributed by atoms with E-state index in [2.05, 4.69) is 43.0 Å². The van der Waals surface area contributed by atoms with Crippen LogP contribution in [0.3, 0.4) is 0 Å². The molecule has 0 aliphatic carbocycles. The van der Waals surface area contributed by atoms with Crippen LogP contribution in [0.1, 0.15) is 11.8 Å². The third-order valence-corrected chi connectivity index (χ3v) is 5.76. The molecule has 4 rings (SSSR count). The number of thioether (sulfide) groups is 1. The van der Waals surface area contributed by atoms with Crippen molar-refractivity contribution in [2.75, 3.05) is 25.3 Å². The second-order valence-corrected chi connectivity index (χ2v) is 8.20. The number of halogens is 1. The lowest BCUT2D eigenvalue weighted by Crippen LogP contribution is -2.17. The highest BCUT2D eigenvalue weighted by atomic mass is 79.9. The number of hydrogen-bond donors (Lipinski definition) is 1. The summed E-state index contributed by atoms with van der Waals surface area (Å²) >= 11 is 4.97. The maximum atomic E-state index is 6.28. The van der Waals surface area contributed by atoms with E-state index in [0.29, 0.717) is 34.0 Å². The molecule has 154 valence electrons. The molecule has 7 nitrogen and oxygen atoms in total. The van der Waals surface area contributed by atoms with E-state index in [1.54, 1.807) is 20.3 Å². The van der Waals surface area contributed by atoms with Crippen LogP contribution in [0, 0.1) is 0 Å². The number of aromatic nitrogens is 3. The van der Waals surface area contributed by atoms with Gasteiger partial charge < -0.3 is 19.5 Å². The van der Waals surface area contributed by atoms with Gasteiger partial charge in [0.25, 0.3) is 0 Å². The zero-order valence-electron chi connectivity index (χ0n) is 16.4. The van der Waals surface area contributed by atoms with Crippen LogP contribution in [0.2, 0.25) is 0 Å². The highest BCUT2D eigenvalue weighted by Crippen LogP contribution is 2.41. The Kier molecular flexibility index (Phi) is 6.10. The van der Waals surface area contributed by atoms with Crippen molar-refractivity contribution < 1.29 is 14.2 Å². The second-order valence-electron chi connectivity index (χ2n) is 6.29. The zero-order chi connectivity index (χ0) is 21.1. The van der Waals surface area contributed by atoms with Crippen LogP contribution in [0.15, 0.2) is 58.7 Å². The number of rotatable bonds is 6. The lowest BCUT2D eigenvalue weighted by Gasteiger charge is -2.20. The van der Waals surface area contributed by atoms with Crippen molar-refractivity contribution in [3.05, 3.63) is 59.1 Å². The Balaban J connectivity index is 1.81. The van der Waals surface area contributed by atoms with Gasteiger partial charge in [0.15, 0.2) is 23.4 Å². The number of nitrogens with zero attached hydrogens (tertiary/aromatic N) is 3. The molecule has 1 aliphatic heterocycles. The molecule has 0 fully saturated rings. The van der Waals surface area contributed by atoms with Crippen molar-refractivity contribution in [2.24, 2.45) is 0 Å². The number of hydrogen-bond acceptors (Lipinski definition) is 8. The second kappa shape index (κ2) is 8.93. The van der Waals surface area contributed by atoms with Crippen LogP contribution in [0.4, 0.5) is 5.69 Å². The molecule has 0 saturated heterocycles. The first kappa shape index (κ1) is 20.5. The maximum Gasteiger partial charge on any atom is 0.247 e. The Labute approximate surface area is 187 Å². The average Bonchev–Trinajstić information content (AvgIpc) is 2.93. The maximum absolute atomic E-state index is 6.28. The molecule has 2 aromatic carbocycles. The summed E-state index contributed by atoms with van der Waals surface area (Å²) < 4.78 is 18.0. The van der Waals surface area contributed by atoms with E-state index in [-0.39, 0.29) is 0 Å². The Morgan fingerprint density at radius 1 is 1.17 bits per heavy atom. The molecule has 2 heterocycles. The van der Waals surface area contributed by atoms with E-state index in [9.17, 15) is 0 Å². The van der Waals surface area contributed by atoms with Gasteiger partial charge in [-0.1, -0.05) is 33.8 Å². The summed E-state index contributed by atoms with van der Waals surface area (Å²) in [6.07, 6.45) is 1.28. The Hall–Kier alpha value is -2.78. The van der Waals surface area contributed by atoms with Crippen LogP contribution < -0.4 is 19.5 Å². The summed E-state index contributed by atoms with van der Waals surface area (Å²) in [5, 5.41) is 12.6. The van der Waals surface area contributed by atoms with Crippen LogP contribution in [-0.4, -0.2) is 35.2 Å². The fourth-order valence-corrected chi connectivity index (χ4v) is 3.91. The smallest absolute Gasteiger partial charge is 0.247 e. The third kappa shape index (κ3) is 4.08. The molecule has 1 N–H and O–H groups in total. The van der Waals surface area contributed by atoms with Crippen molar-refractivity contribution in [1.82, 2.24) is 15.2 Å². The molecule has 3 aromatic rings. The molecule has 0 saturated carbocycles. The minimum atomic E-state index is -0.514. The Morgan fingerprint density at radius 2 is 2.00 bits per heavy atom. The van der Waals surface area contributed by atoms with Crippen molar-refractivity contribution in [3.8, 4) is 28.6 Å². The van der Waals surface area contributed by atoms with Gasteiger partial charge in [0, 0.05) is 27.0 Å². The molecule has 30 heavy (non-hydrogen) atoms. The molecular formula is C21H19BrN4O3S. The molecule has 0 radical (unpaired) electrons. The molecule has 1 aromatic heterocycles. The van der Waals surface area contributed by atoms with E-state index in [1.165, 1.54) is 11.8 Å². The van der Waals surface area contributed by atoms with Gasteiger partial charge in [-0.15, -0.1) is 16.8 Å². The van der Waals surface area contributed by atoms with Gasteiger partial charge in [0.05, 0.1) is 14.2 Å². The van der Waals surface area contributed by atoms with Crippen molar-refractivity contribution >= 4 is 33.4 Å². The predicted octanol–water partition coefficient (Wildman–Crippen LogP) is 5.10. The predicted molar refractivity (Wildman–Crippen MR) is 120 cm³/mol. The molecule has 0 bridgehead atoms. The van der Waals surface area contributed by atoms with Gasteiger partial charge >= 0.3 is 0 Å². The lowest BCUT2D eigenvalue weighted by atomic mass is 10.1. The first-order chi connectivity index (χ1) is 14.6. The van der Waals surface area contributed by atoms with Gasteiger partial charge in [-0.3, -0.25) is 0 Å². The highest BCUT2D eigenvalue weighted by molar-refractivity contribution is 9.10. The fourth-order valence-electron chi connectivity index (χ4n) is 3.03. The van der Waals surface area contributed by atoms with Gasteiger partial charge in [-0.25, -0.2) is 0 Å². The monoisotopic (exact) mass is 486 g/mol. The van der Waals surface area contributed by atoms with Gasteiger partial charge in [0.2, 0.25) is 11.0 Å². The number of methoxy groups -OCH3 is 2. The minimum absolute atomic E-state index is 0.403. The summed E-state index contributed by atoms with van der Waals surface area (Å²) in [6, 6.07) is 11.5. The van der Waals surface area contributed by atoms with Crippen LogP contribution >= 0.6 is 27.7 Å². The Bertz CT molecular complexity index is 1100. The highest BCUT2D eigenvalue weighted by Gasteiger charge is 2.27. The first-order valence-electron chi connectivity index (χ1n) is 9.06. The lowest BCUT2D eigenvalue weighted by molar-refractivity contribution is 0.224. The summed E-state index contributed by atoms with van der Waals surface area (Å²) in [6.45, 7) is 3.73. The van der Waals surface area contributed by atoms with Gasteiger partial charge in [-0.05, 0) is 36.4 Å². The number of anilines is 1. The fraction of sp³-hybridized carbons (Fsp3) is 0.190. The number of nitrogens with one attached hydrogen (secondary N) is 1. The number of ether oxygens (including phenoxy) is 3.